The van der Waals surface area contributed by atoms with Gasteiger partial charge in [0.2, 0.25) is 0 Å². The lowest BCUT2D eigenvalue weighted by Crippen LogP contribution is -2.50. The van der Waals surface area contributed by atoms with Crippen LogP contribution in [0.15, 0.2) is 18.2 Å². The maximum absolute atomic E-state index is 12.2. The Bertz CT molecular complexity index is 780. The average Bonchev–Trinajstić information content (AvgIpc) is 2.72. The molecular weight excluding hydrogens is 410 g/mol. The molecule has 1 fully saturated rings. The molecule has 0 unspecified atom stereocenters. The molecule has 180 valence electrons. The van der Waals surface area contributed by atoms with E-state index in [-0.39, 0.29) is 12.1 Å². The van der Waals surface area contributed by atoms with Crippen molar-refractivity contribution in [1.29, 1.82) is 0 Å². The van der Waals surface area contributed by atoms with Crippen LogP contribution in [-0.4, -0.2) is 79.4 Å². The fraction of sp³-hybridized carbons (Fsp3) is 0.667. The molecule has 1 saturated heterocycles. The van der Waals surface area contributed by atoms with Crippen molar-refractivity contribution < 1.29 is 23.8 Å². The summed E-state index contributed by atoms with van der Waals surface area (Å²) in [6.07, 6.45) is 0.572. The van der Waals surface area contributed by atoms with Crippen molar-refractivity contribution in [2.75, 3.05) is 51.8 Å². The topological polar surface area (TPSA) is 80.3 Å². The van der Waals surface area contributed by atoms with Crippen LogP contribution >= 0.6 is 0 Å². The molecule has 1 aromatic rings. The highest BCUT2D eigenvalue weighted by molar-refractivity contribution is 5.83. The zero-order valence-electron chi connectivity index (χ0n) is 20.6. The first-order chi connectivity index (χ1) is 14.9. The van der Waals surface area contributed by atoms with Gasteiger partial charge in [0.25, 0.3) is 0 Å². The number of rotatable bonds is 8. The predicted octanol–water partition coefficient (Wildman–Crippen LogP) is 3.54. The molecule has 0 radical (unpaired) electrons. The van der Waals surface area contributed by atoms with Gasteiger partial charge in [0.1, 0.15) is 23.5 Å². The number of methoxy groups -OCH3 is 1. The van der Waals surface area contributed by atoms with E-state index in [2.05, 4.69) is 17.1 Å². The molecule has 0 atom stereocenters. The Morgan fingerprint density at radius 1 is 1.06 bits per heavy atom. The van der Waals surface area contributed by atoms with Gasteiger partial charge in [0, 0.05) is 38.4 Å². The Hall–Kier alpha value is -2.48. The van der Waals surface area contributed by atoms with Crippen molar-refractivity contribution in [3.8, 4) is 5.75 Å². The number of ether oxygens (including phenoxy) is 3. The summed E-state index contributed by atoms with van der Waals surface area (Å²) in [6.45, 7) is 15.6. The maximum Gasteiger partial charge on any atom is 0.410 e. The molecule has 1 aliphatic rings. The normalized spacial score (nSPS) is 15.3. The highest BCUT2D eigenvalue weighted by Crippen LogP contribution is 2.26. The standard InChI is InChI=1S/C24H39N3O5/c1-8-18-17-19(25-24(5,6)21(28)30-7)9-10-20(18)31-16-15-26-11-13-27(14-12-26)22(29)32-23(2,3)4/h9-10,17,25H,8,11-16H2,1-7H3. The second-order valence-electron chi connectivity index (χ2n) is 9.58. The van der Waals surface area contributed by atoms with Crippen LogP contribution in [0.4, 0.5) is 10.5 Å². The minimum atomic E-state index is -0.816. The lowest BCUT2D eigenvalue weighted by Gasteiger charge is -2.35. The molecule has 1 aliphatic heterocycles. The Balaban J connectivity index is 1.83. The number of hydrogen-bond acceptors (Lipinski definition) is 7. The number of piperazine rings is 1. The third-order valence-electron chi connectivity index (χ3n) is 5.28. The molecular formula is C24H39N3O5. The first-order valence-electron chi connectivity index (χ1n) is 11.3. The van der Waals surface area contributed by atoms with Gasteiger partial charge < -0.3 is 24.4 Å². The Morgan fingerprint density at radius 3 is 2.28 bits per heavy atom. The molecule has 8 nitrogen and oxygen atoms in total. The van der Waals surface area contributed by atoms with Crippen LogP contribution in [0.25, 0.3) is 0 Å². The van der Waals surface area contributed by atoms with Crippen LogP contribution in [-0.2, 0) is 20.7 Å². The molecule has 1 heterocycles. The number of anilines is 1. The molecule has 1 aromatic carbocycles. The fourth-order valence-electron chi connectivity index (χ4n) is 3.51. The van der Waals surface area contributed by atoms with E-state index in [0.717, 1.165) is 43.1 Å². The molecule has 1 N–H and O–H groups in total. The summed E-state index contributed by atoms with van der Waals surface area (Å²) in [5.41, 5.74) is 0.635. The monoisotopic (exact) mass is 449 g/mol. The van der Waals surface area contributed by atoms with E-state index in [1.165, 1.54) is 7.11 Å². The number of carbonyl (C=O) groups excluding carboxylic acids is 2. The number of aryl methyl sites for hydroxylation is 1. The largest absolute Gasteiger partial charge is 0.492 e. The van der Waals surface area contributed by atoms with E-state index < -0.39 is 11.1 Å². The molecule has 8 heteroatoms. The van der Waals surface area contributed by atoms with Gasteiger partial charge in [-0.05, 0) is 64.8 Å². The average molecular weight is 450 g/mol. The van der Waals surface area contributed by atoms with Crippen LogP contribution < -0.4 is 10.1 Å². The van der Waals surface area contributed by atoms with Gasteiger partial charge in [-0.2, -0.15) is 0 Å². The third-order valence-corrected chi connectivity index (χ3v) is 5.28. The van der Waals surface area contributed by atoms with E-state index in [9.17, 15) is 9.59 Å². The predicted molar refractivity (Wildman–Crippen MR) is 125 cm³/mol. The summed E-state index contributed by atoms with van der Waals surface area (Å²) < 4.78 is 16.4. The van der Waals surface area contributed by atoms with Gasteiger partial charge in [-0.25, -0.2) is 9.59 Å². The minimum Gasteiger partial charge on any atom is -0.492 e. The zero-order chi connectivity index (χ0) is 23.9. The first-order valence-corrected chi connectivity index (χ1v) is 11.3. The highest BCUT2D eigenvalue weighted by Gasteiger charge is 2.28. The summed E-state index contributed by atoms with van der Waals surface area (Å²) in [4.78, 5) is 28.2. The van der Waals surface area contributed by atoms with E-state index in [1.807, 2.05) is 39.0 Å². The van der Waals surface area contributed by atoms with Gasteiger partial charge in [0.15, 0.2) is 0 Å². The SMILES string of the molecule is CCc1cc(NC(C)(C)C(=O)OC)ccc1OCCN1CCN(C(=O)OC(C)(C)C)CC1. The van der Waals surface area contributed by atoms with Crippen molar-refractivity contribution in [2.24, 2.45) is 0 Å². The van der Waals surface area contributed by atoms with Crippen LogP contribution in [0, 0.1) is 0 Å². The lowest BCUT2D eigenvalue weighted by molar-refractivity contribution is -0.144. The summed E-state index contributed by atoms with van der Waals surface area (Å²) in [5.74, 6) is 0.531. The van der Waals surface area contributed by atoms with Crippen LogP contribution in [0.1, 0.15) is 47.1 Å². The van der Waals surface area contributed by atoms with Gasteiger partial charge in [-0.3, -0.25) is 4.90 Å². The smallest absolute Gasteiger partial charge is 0.410 e. The van der Waals surface area contributed by atoms with Crippen molar-refractivity contribution in [1.82, 2.24) is 9.80 Å². The minimum absolute atomic E-state index is 0.245. The summed E-state index contributed by atoms with van der Waals surface area (Å²) in [6, 6.07) is 5.87. The second kappa shape index (κ2) is 10.9. The molecule has 1 amide bonds. The van der Waals surface area contributed by atoms with Crippen molar-refractivity contribution in [2.45, 2.75) is 59.1 Å². The molecule has 0 aliphatic carbocycles. The van der Waals surface area contributed by atoms with E-state index >= 15 is 0 Å². The number of esters is 1. The van der Waals surface area contributed by atoms with Crippen LogP contribution in [0.5, 0.6) is 5.75 Å². The van der Waals surface area contributed by atoms with E-state index in [1.54, 1.807) is 18.7 Å². The van der Waals surface area contributed by atoms with Gasteiger partial charge in [-0.1, -0.05) is 6.92 Å². The van der Waals surface area contributed by atoms with Crippen molar-refractivity contribution in [3.63, 3.8) is 0 Å². The Morgan fingerprint density at radius 2 is 1.72 bits per heavy atom. The summed E-state index contributed by atoms with van der Waals surface area (Å²) >= 11 is 0. The lowest BCUT2D eigenvalue weighted by atomic mass is 10.0. The van der Waals surface area contributed by atoms with Gasteiger partial charge in [-0.15, -0.1) is 0 Å². The highest BCUT2D eigenvalue weighted by atomic mass is 16.6. The van der Waals surface area contributed by atoms with Gasteiger partial charge in [0.05, 0.1) is 7.11 Å². The number of amides is 1. The quantitative estimate of drug-likeness (QED) is 0.608. The number of nitrogens with zero attached hydrogens (tertiary/aromatic N) is 2. The third kappa shape index (κ3) is 7.58. The van der Waals surface area contributed by atoms with Crippen LogP contribution in [0.2, 0.25) is 0 Å². The first kappa shape index (κ1) is 25.8. The van der Waals surface area contributed by atoms with Crippen molar-refractivity contribution in [3.05, 3.63) is 23.8 Å². The molecule has 2 rings (SSSR count). The number of benzene rings is 1. The zero-order valence-corrected chi connectivity index (χ0v) is 20.6. The fourth-order valence-corrected chi connectivity index (χ4v) is 3.51. The Labute approximate surface area is 192 Å². The molecule has 0 spiro atoms. The molecule has 0 aromatic heterocycles. The van der Waals surface area contributed by atoms with E-state index in [0.29, 0.717) is 19.7 Å². The molecule has 32 heavy (non-hydrogen) atoms. The summed E-state index contributed by atoms with van der Waals surface area (Å²) in [7, 11) is 1.39. The number of nitrogens with one attached hydrogen (secondary N) is 1. The number of hydrogen-bond donors (Lipinski definition) is 1. The van der Waals surface area contributed by atoms with E-state index in [4.69, 9.17) is 14.2 Å². The van der Waals surface area contributed by atoms with Crippen molar-refractivity contribution >= 4 is 17.7 Å². The Kier molecular flexibility index (Phi) is 8.78. The molecule has 0 saturated carbocycles. The van der Waals surface area contributed by atoms with Crippen LogP contribution in [0.3, 0.4) is 0 Å². The molecule has 0 bridgehead atoms. The summed E-state index contributed by atoms with van der Waals surface area (Å²) in [5, 5.41) is 3.23. The second-order valence-corrected chi connectivity index (χ2v) is 9.58. The maximum atomic E-state index is 12.2. The number of carbonyl (C=O) groups is 2. The van der Waals surface area contributed by atoms with Gasteiger partial charge >= 0.3 is 12.1 Å².